The second-order valence-electron chi connectivity index (χ2n) is 7.88. The molecule has 0 aliphatic rings. The standard InChI is InChI=1S/C26H33N7O2/c1-4-14-33(15-5-2)24-18-23(30-26(31-24)35-16-12-22-11-6-7-13-28-22)32-29-19-20-9-8-10-21(17-20)25(34)27-3/h6-11,13,17-19H,4-5,12,14-16H2,1-3H3,(H,27,34)(H,30,31,32)/b29-19+. The minimum absolute atomic E-state index is 0.145. The second-order valence-corrected chi connectivity index (χ2v) is 7.88. The molecule has 0 spiro atoms. The molecule has 35 heavy (non-hydrogen) atoms. The Hall–Kier alpha value is -4.01. The molecule has 9 heteroatoms. The lowest BCUT2D eigenvalue weighted by Crippen LogP contribution is -2.26. The minimum atomic E-state index is -0.145. The van der Waals surface area contributed by atoms with Gasteiger partial charge in [-0.15, -0.1) is 0 Å². The van der Waals surface area contributed by atoms with Crippen molar-refractivity contribution in [3.8, 4) is 6.01 Å². The molecule has 2 aromatic heterocycles. The van der Waals surface area contributed by atoms with Crippen LogP contribution in [0.1, 0.15) is 48.3 Å². The molecule has 9 nitrogen and oxygen atoms in total. The molecular formula is C26H33N7O2. The first-order chi connectivity index (χ1) is 17.1. The van der Waals surface area contributed by atoms with E-state index in [0.717, 1.165) is 43.0 Å². The maximum atomic E-state index is 11.9. The highest BCUT2D eigenvalue weighted by atomic mass is 16.5. The molecule has 2 heterocycles. The molecule has 3 rings (SSSR count). The van der Waals surface area contributed by atoms with Crippen LogP contribution in [0.3, 0.4) is 0 Å². The molecule has 2 N–H and O–H groups in total. The lowest BCUT2D eigenvalue weighted by molar-refractivity contribution is 0.0963. The first-order valence-electron chi connectivity index (χ1n) is 11.9. The molecular weight excluding hydrogens is 442 g/mol. The van der Waals surface area contributed by atoms with Crippen LogP contribution in [0.4, 0.5) is 11.6 Å². The van der Waals surface area contributed by atoms with Crippen molar-refractivity contribution < 1.29 is 9.53 Å². The first kappa shape index (κ1) is 25.6. The van der Waals surface area contributed by atoms with Crippen molar-refractivity contribution in [3.05, 3.63) is 71.5 Å². The quantitative estimate of drug-likeness (QED) is 0.285. The second kappa shape index (κ2) is 13.6. The third-order valence-electron chi connectivity index (χ3n) is 5.09. The molecule has 0 aliphatic carbocycles. The summed E-state index contributed by atoms with van der Waals surface area (Å²) in [4.78, 5) is 27.6. The molecule has 0 fully saturated rings. The van der Waals surface area contributed by atoms with Gasteiger partial charge in [-0.1, -0.05) is 32.0 Å². The van der Waals surface area contributed by atoms with Crippen LogP contribution in [0.2, 0.25) is 0 Å². The molecule has 3 aromatic rings. The molecule has 0 saturated carbocycles. The van der Waals surface area contributed by atoms with Gasteiger partial charge in [-0.2, -0.15) is 15.1 Å². The average molecular weight is 476 g/mol. The number of anilines is 2. The summed E-state index contributed by atoms with van der Waals surface area (Å²) in [6.07, 6.45) is 6.07. The van der Waals surface area contributed by atoms with E-state index in [1.54, 1.807) is 31.6 Å². The zero-order valence-electron chi connectivity index (χ0n) is 20.6. The van der Waals surface area contributed by atoms with Gasteiger partial charge in [-0.3, -0.25) is 15.2 Å². The SMILES string of the molecule is CCCN(CCC)c1cc(N/N=C/c2cccc(C(=O)NC)c2)nc(OCCc2ccccn2)n1. The van der Waals surface area contributed by atoms with E-state index in [9.17, 15) is 4.79 Å². The van der Waals surface area contributed by atoms with E-state index in [-0.39, 0.29) is 11.9 Å². The number of aromatic nitrogens is 3. The predicted octanol–water partition coefficient (Wildman–Crippen LogP) is 3.93. The molecule has 0 aliphatic heterocycles. The van der Waals surface area contributed by atoms with Crippen molar-refractivity contribution in [2.24, 2.45) is 5.10 Å². The minimum Gasteiger partial charge on any atom is -0.463 e. The largest absolute Gasteiger partial charge is 0.463 e. The number of rotatable bonds is 13. The highest BCUT2D eigenvalue weighted by Gasteiger charge is 2.12. The summed E-state index contributed by atoms with van der Waals surface area (Å²) >= 11 is 0. The van der Waals surface area contributed by atoms with Gasteiger partial charge < -0.3 is 15.0 Å². The van der Waals surface area contributed by atoms with Crippen molar-refractivity contribution in [2.45, 2.75) is 33.1 Å². The number of ether oxygens (including phenoxy) is 1. The summed E-state index contributed by atoms with van der Waals surface area (Å²) in [7, 11) is 1.60. The van der Waals surface area contributed by atoms with Gasteiger partial charge in [0.05, 0.1) is 12.8 Å². The van der Waals surface area contributed by atoms with Crippen molar-refractivity contribution >= 4 is 23.8 Å². The Kier molecular flexibility index (Phi) is 9.98. The number of hydrogen-bond acceptors (Lipinski definition) is 8. The van der Waals surface area contributed by atoms with E-state index < -0.39 is 0 Å². The zero-order chi connectivity index (χ0) is 24.9. The number of carbonyl (C=O) groups is 1. The molecule has 0 saturated heterocycles. The van der Waals surface area contributed by atoms with Crippen molar-refractivity contribution in [2.75, 3.05) is 37.1 Å². The van der Waals surface area contributed by atoms with Gasteiger partial charge in [0.1, 0.15) is 5.82 Å². The van der Waals surface area contributed by atoms with Crippen LogP contribution in [-0.2, 0) is 6.42 Å². The van der Waals surface area contributed by atoms with E-state index in [4.69, 9.17) is 4.74 Å². The number of pyridine rings is 1. The fourth-order valence-electron chi connectivity index (χ4n) is 3.45. The van der Waals surface area contributed by atoms with Gasteiger partial charge in [0.25, 0.3) is 5.91 Å². The molecule has 0 bridgehead atoms. The van der Waals surface area contributed by atoms with Crippen LogP contribution >= 0.6 is 0 Å². The predicted molar refractivity (Wildman–Crippen MR) is 139 cm³/mol. The van der Waals surface area contributed by atoms with Crippen LogP contribution in [0.15, 0.2) is 59.8 Å². The Bertz CT molecular complexity index is 1100. The lowest BCUT2D eigenvalue weighted by atomic mass is 10.1. The van der Waals surface area contributed by atoms with E-state index in [1.165, 1.54) is 0 Å². The van der Waals surface area contributed by atoms with E-state index in [2.05, 4.69) is 49.5 Å². The molecule has 1 aromatic carbocycles. The Labute approximate surface area is 206 Å². The van der Waals surface area contributed by atoms with Crippen LogP contribution in [-0.4, -0.2) is 53.8 Å². The molecule has 0 radical (unpaired) electrons. The van der Waals surface area contributed by atoms with Crippen molar-refractivity contribution in [1.29, 1.82) is 0 Å². The number of nitrogens with one attached hydrogen (secondary N) is 2. The Morgan fingerprint density at radius 2 is 1.91 bits per heavy atom. The number of nitrogens with zero attached hydrogens (tertiary/aromatic N) is 5. The number of benzene rings is 1. The first-order valence-corrected chi connectivity index (χ1v) is 11.9. The molecule has 0 unspecified atom stereocenters. The fraction of sp³-hybridized carbons (Fsp3) is 0.346. The topological polar surface area (TPSA) is 105 Å². The Morgan fingerprint density at radius 3 is 2.63 bits per heavy atom. The lowest BCUT2D eigenvalue weighted by Gasteiger charge is -2.23. The maximum Gasteiger partial charge on any atom is 0.320 e. The van der Waals surface area contributed by atoms with Crippen LogP contribution < -0.4 is 20.4 Å². The summed E-state index contributed by atoms with van der Waals surface area (Å²) in [5, 5.41) is 6.94. The van der Waals surface area contributed by atoms with Crippen LogP contribution in [0, 0.1) is 0 Å². The summed E-state index contributed by atoms with van der Waals surface area (Å²) in [6.45, 7) is 6.46. The van der Waals surface area contributed by atoms with Gasteiger partial charge in [-0.25, -0.2) is 0 Å². The van der Waals surface area contributed by atoms with Gasteiger partial charge in [0, 0.05) is 50.1 Å². The summed E-state index contributed by atoms with van der Waals surface area (Å²) in [5.41, 5.74) is 5.29. The van der Waals surface area contributed by atoms with Crippen LogP contribution in [0.25, 0.3) is 0 Å². The van der Waals surface area contributed by atoms with Crippen LogP contribution in [0.5, 0.6) is 6.01 Å². The number of hydrazone groups is 1. The highest BCUT2D eigenvalue weighted by Crippen LogP contribution is 2.20. The van der Waals surface area contributed by atoms with Gasteiger partial charge >= 0.3 is 6.01 Å². The number of hydrogen-bond donors (Lipinski definition) is 2. The molecule has 1 amide bonds. The van der Waals surface area contributed by atoms with E-state index in [0.29, 0.717) is 24.4 Å². The van der Waals surface area contributed by atoms with Crippen molar-refractivity contribution in [3.63, 3.8) is 0 Å². The van der Waals surface area contributed by atoms with Crippen molar-refractivity contribution in [1.82, 2.24) is 20.3 Å². The number of carbonyl (C=O) groups excluding carboxylic acids is 1. The monoisotopic (exact) mass is 475 g/mol. The van der Waals surface area contributed by atoms with E-state index in [1.807, 2.05) is 36.4 Å². The Morgan fingerprint density at radius 1 is 1.09 bits per heavy atom. The normalized spacial score (nSPS) is 10.8. The van der Waals surface area contributed by atoms with Gasteiger partial charge in [0.15, 0.2) is 5.82 Å². The average Bonchev–Trinajstić information content (AvgIpc) is 2.89. The summed E-state index contributed by atoms with van der Waals surface area (Å²) in [6, 6.07) is 15.2. The highest BCUT2D eigenvalue weighted by molar-refractivity contribution is 5.95. The molecule has 0 atom stereocenters. The third-order valence-corrected chi connectivity index (χ3v) is 5.09. The van der Waals surface area contributed by atoms with Gasteiger partial charge in [-0.05, 0) is 42.7 Å². The zero-order valence-corrected chi connectivity index (χ0v) is 20.6. The fourth-order valence-corrected chi connectivity index (χ4v) is 3.45. The summed E-state index contributed by atoms with van der Waals surface area (Å²) < 4.78 is 5.89. The van der Waals surface area contributed by atoms with E-state index >= 15 is 0 Å². The maximum absolute atomic E-state index is 11.9. The Balaban J connectivity index is 1.76. The number of amides is 1. The molecule has 184 valence electrons. The summed E-state index contributed by atoms with van der Waals surface area (Å²) in [5.74, 6) is 1.17. The smallest absolute Gasteiger partial charge is 0.320 e. The van der Waals surface area contributed by atoms with Gasteiger partial charge in [0.2, 0.25) is 0 Å². The third kappa shape index (κ3) is 8.06.